The summed E-state index contributed by atoms with van der Waals surface area (Å²) >= 11 is 0. The Kier molecular flexibility index (Phi) is 12.9. The van der Waals surface area contributed by atoms with Crippen LogP contribution in [0.5, 0.6) is 0 Å². The fourth-order valence-electron chi connectivity index (χ4n) is 4.81. The number of carbonyl (C=O) groups is 3. The number of anilines is 2. The minimum atomic E-state index is -5.19. The van der Waals surface area contributed by atoms with Crippen molar-refractivity contribution in [3.63, 3.8) is 0 Å². The van der Waals surface area contributed by atoms with E-state index in [9.17, 15) is 31.1 Å². The summed E-state index contributed by atoms with van der Waals surface area (Å²) in [6, 6.07) is 21.4. The van der Waals surface area contributed by atoms with Crippen LogP contribution in [0.2, 0.25) is 0 Å². The van der Waals surface area contributed by atoms with Gasteiger partial charge in [0.05, 0.1) is 22.1 Å². The molecule has 47 heavy (non-hydrogen) atoms. The summed E-state index contributed by atoms with van der Waals surface area (Å²) in [5.41, 5.74) is 4.68. The quantitative estimate of drug-likeness (QED) is 0.218. The van der Waals surface area contributed by atoms with Crippen LogP contribution in [0.1, 0.15) is 32.1 Å². The Hall–Kier alpha value is -4.95. The van der Waals surface area contributed by atoms with Gasteiger partial charge in [-0.3, -0.25) is 4.79 Å². The van der Waals surface area contributed by atoms with Crippen molar-refractivity contribution in [2.75, 3.05) is 23.7 Å². The van der Waals surface area contributed by atoms with E-state index in [2.05, 4.69) is 92.8 Å². The Labute approximate surface area is 265 Å². The number of carboxylic acids is 2. The normalized spacial score (nSPS) is 14.6. The van der Waals surface area contributed by atoms with Gasteiger partial charge in [-0.15, -0.1) is 0 Å². The standard InChI is InChI=1S/C28H30N4O.2C2HF3O2/c33-22-12-16-29-25-14-20-31(27-10-4-2-8-23(25)27)18-6-1-7-19-32-21-15-26(30-17-13-22)24-9-3-5-11-28(24)32;2*3-2(4,5)1(6)7/h2-5,8-11,14-15,20-21H,1,6-7,12-13,16-19H2;2*(H,6,7). The van der Waals surface area contributed by atoms with Crippen LogP contribution in [0.4, 0.5) is 37.7 Å². The van der Waals surface area contributed by atoms with Gasteiger partial charge in [-0.1, -0.05) is 24.3 Å². The minimum absolute atomic E-state index is 0.273. The first kappa shape index (κ1) is 36.5. The molecule has 2 N–H and O–H groups in total. The van der Waals surface area contributed by atoms with E-state index in [4.69, 9.17) is 19.8 Å². The van der Waals surface area contributed by atoms with Gasteiger partial charge in [0, 0.05) is 63.0 Å². The molecule has 4 aromatic rings. The van der Waals surface area contributed by atoms with Crippen LogP contribution >= 0.6 is 0 Å². The van der Waals surface area contributed by atoms with Crippen LogP contribution in [0.15, 0.2) is 73.1 Å². The topological polar surface area (TPSA) is 129 Å². The number of hydrogen-bond donors (Lipinski definition) is 2. The van der Waals surface area contributed by atoms with Crippen molar-refractivity contribution >= 4 is 50.9 Å². The van der Waals surface area contributed by atoms with Gasteiger partial charge in [0.2, 0.25) is 11.0 Å². The highest BCUT2D eigenvalue weighted by molar-refractivity contribution is 5.90. The first-order valence-electron chi connectivity index (χ1n) is 14.6. The van der Waals surface area contributed by atoms with Gasteiger partial charge in [0.15, 0.2) is 12.4 Å². The third-order valence-corrected chi connectivity index (χ3v) is 7.05. The van der Waals surface area contributed by atoms with Crippen LogP contribution < -0.4 is 30.0 Å². The van der Waals surface area contributed by atoms with E-state index in [0.717, 1.165) is 37.3 Å². The zero-order chi connectivity index (χ0) is 34.6. The second-order valence-electron chi connectivity index (χ2n) is 10.4. The Morgan fingerprint density at radius 3 is 1.34 bits per heavy atom. The molecule has 0 saturated heterocycles. The number of Topliss-reactive ketones (excluding diaryl/α,β-unsaturated/α-hetero) is 1. The number of aliphatic carboxylic acids is 2. The number of carbonyl (C=O) groups excluding carboxylic acids is 3. The third kappa shape index (κ3) is 11.1. The highest BCUT2D eigenvalue weighted by atomic mass is 19.4. The molecule has 0 aliphatic carbocycles. The van der Waals surface area contributed by atoms with E-state index < -0.39 is 24.3 Å². The fourth-order valence-corrected chi connectivity index (χ4v) is 4.81. The lowest BCUT2D eigenvalue weighted by Gasteiger charge is -2.11. The fraction of sp³-hybridized carbons (Fsp3) is 0.344. The number of aromatic nitrogens is 2. The number of fused-ring (bicyclic) bond motifs is 12. The predicted octanol–water partition coefficient (Wildman–Crippen LogP) is 3.22. The maximum absolute atomic E-state index is 12.5. The molecular formula is C32H32F6N4O5. The van der Waals surface area contributed by atoms with E-state index in [1.807, 2.05) is 0 Å². The number of nitrogens with zero attached hydrogens (tertiary/aromatic N) is 2. The highest BCUT2D eigenvalue weighted by Gasteiger charge is 2.29. The summed E-state index contributed by atoms with van der Waals surface area (Å²) in [4.78, 5) is 30.1. The van der Waals surface area contributed by atoms with Crippen LogP contribution in [0, 0.1) is 0 Å². The van der Waals surface area contributed by atoms with Gasteiger partial charge in [0.1, 0.15) is 30.8 Å². The summed E-state index contributed by atoms with van der Waals surface area (Å²) in [5, 5.41) is 27.0. The number of benzene rings is 2. The van der Waals surface area contributed by atoms with Crippen LogP contribution in [0.3, 0.4) is 0 Å². The molecule has 0 atom stereocenters. The number of hydrogen-bond acceptors (Lipinski definition) is 7. The second kappa shape index (κ2) is 16.6. The van der Waals surface area contributed by atoms with Crippen molar-refractivity contribution in [3.8, 4) is 0 Å². The summed E-state index contributed by atoms with van der Waals surface area (Å²) < 4.78 is 67.8. The maximum Gasteiger partial charge on any atom is 0.430 e. The number of rotatable bonds is 0. The first-order valence-corrected chi connectivity index (χ1v) is 14.6. The van der Waals surface area contributed by atoms with Gasteiger partial charge in [0.25, 0.3) is 0 Å². The Balaban J connectivity index is 0.000000360. The molecule has 0 saturated carbocycles. The number of nitrogens with one attached hydrogen (secondary N) is 2. The number of pyridine rings is 2. The molecule has 1 aliphatic heterocycles. The molecule has 0 spiro atoms. The summed E-state index contributed by atoms with van der Waals surface area (Å²) in [5.74, 6) is -5.74. The van der Waals surface area contributed by atoms with E-state index in [1.54, 1.807) is 0 Å². The first-order chi connectivity index (χ1) is 22.2. The van der Waals surface area contributed by atoms with Crippen molar-refractivity contribution in [1.82, 2.24) is 0 Å². The summed E-state index contributed by atoms with van der Waals surface area (Å²) in [6.45, 7) is 3.32. The van der Waals surface area contributed by atoms with Crippen molar-refractivity contribution in [3.05, 3.63) is 73.1 Å². The van der Waals surface area contributed by atoms with E-state index >= 15 is 0 Å². The largest absolute Gasteiger partial charge is 0.542 e. The Bertz CT molecular complexity index is 1570. The molecule has 9 nitrogen and oxygen atoms in total. The van der Waals surface area contributed by atoms with Crippen molar-refractivity contribution in [1.29, 1.82) is 0 Å². The molecule has 3 heterocycles. The minimum Gasteiger partial charge on any atom is -0.542 e. The third-order valence-electron chi connectivity index (χ3n) is 7.05. The van der Waals surface area contributed by atoms with E-state index in [1.165, 1.54) is 28.2 Å². The van der Waals surface area contributed by atoms with Crippen molar-refractivity contribution < 1.29 is 60.1 Å². The average Bonchev–Trinajstić information content (AvgIpc) is 3.01. The molecule has 0 radical (unpaired) electrons. The van der Waals surface area contributed by atoms with Gasteiger partial charge in [-0.2, -0.15) is 35.5 Å². The SMILES string of the molecule is O=C([O-])C(F)(F)F.O=C([O-])C(F)(F)F.O=C1CCNc2cc[n+](c3ccccc23)CCCCC[n+]2ccc(c3ccccc32)NCC1. The lowest BCUT2D eigenvalue weighted by Crippen LogP contribution is -2.37. The van der Waals surface area contributed by atoms with Gasteiger partial charge in [-0.25, -0.2) is 0 Å². The summed E-state index contributed by atoms with van der Waals surface area (Å²) in [6.07, 6.45) is -1.50. The monoisotopic (exact) mass is 666 g/mol. The van der Waals surface area contributed by atoms with Gasteiger partial charge >= 0.3 is 12.4 Å². The number of aryl methyl sites for hydroxylation is 2. The predicted molar refractivity (Wildman–Crippen MR) is 155 cm³/mol. The van der Waals surface area contributed by atoms with Crippen molar-refractivity contribution in [2.24, 2.45) is 0 Å². The second-order valence-corrected chi connectivity index (χ2v) is 10.4. The van der Waals surface area contributed by atoms with Crippen molar-refractivity contribution in [2.45, 2.75) is 57.5 Å². The highest BCUT2D eigenvalue weighted by Crippen LogP contribution is 2.22. The molecule has 2 aromatic heterocycles. The van der Waals surface area contributed by atoms with Crippen LogP contribution in [-0.4, -0.2) is 43.2 Å². The molecule has 5 rings (SSSR count). The molecule has 252 valence electrons. The molecule has 2 aromatic carbocycles. The number of alkyl halides is 6. The molecule has 4 bridgehead atoms. The van der Waals surface area contributed by atoms with E-state index in [0.29, 0.717) is 25.9 Å². The zero-order valence-electron chi connectivity index (χ0n) is 25.0. The van der Waals surface area contributed by atoms with Gasteiger partial charge < -0.3 is 30.4 Å². The lowest BCUT2D eigenvalue weighted by atomic mass is 10.1. The van der Waals surface area contributed by atoms with Crippen LogP contribution in [-0.2, 0) is 27.5 Å². The number of carboxylic acid groups (broad SMARTS) is 2. The molecule has 0 unspecified atom stereocenters. The Morgan fingerprint density at radius 2 is 0.979 bits per heavy atom. The van der Waals surface area contributed by atoms with Gasteiger partial charge in [-0.05, 0) is 18.6 Å². The summed E-state index contributed by atoms with van der Waals surface area (Å²) in [7, 11) is 0. The zero-order valence-corrected chi connectivity index (χ0v) is 25.0. The smallest absolute Gasteiger partial charge is 0.430 e. The molecule has 0 fully saturated rings. The molecular weight excluding hydrogens is 634 g/mol. The maximum atomic E-state index is 12.5. The Morgan fingerprint density at radius 1 is 0.617 bits per heavy atom. The molecule has 15 heteroatoms. The number of ketones is 1. The number of para-hydroxylation sites is 2. The molecule has 1 aliphatic rings. The average molecular weight is 667 g/mol. The molecule has 0 amide bonds. The van der Waals surface area contributed by atoms with E-state index in [-0.39, 0.29) is 5.78 Å². The van der Waals surface area contributed by atoms with Crippen LogP contribution in [0.25, 0.3) is 21.8 Å². The lowest BCUT2D eigenvalue weighted by molar-refractivity contribution is -0.675. The number of halogens is 6.